The zero-order valence-electron chi connectivity index (χ0n) is 13.5. The smallest absolute Gasteiger partial charge is 0.229 e. The molecule has 25 heavy (non-hydrogen) atoms. The topological polar surface area (TPSA) is 102 Å². The number of aromatic nitrogens is 2. The average molecular weight is 338 g/mol. The second-order valence-electron chi connectivity index (χ2n) is 5.45. The molecule has 6 N–H and O–H groups in total. The van der Waals surface area contributed by atoms with Gasteiger partial charge in [-0.05, 0) is 35.4 Å². The van der Waals surface area contributed by atoms with Crippen LogP contribution in [0.4, 0.5) is 27.5 Å². The van der Waals surface area contributed by atoms with Gasteiger partial charge in [-0.3, -0.25) is 0 Å². The molecule has 0 saturated carbocycles. The van der Waals surface area contributed by atoms with Crippen LogP contribution in [0.2, 0.25) is 0 Å². The van der Waals surface area contributed by atoms with Gasteiger partial charge in [0.05, 0.1) is 6.20 Å². The molecule has 0 atom stereocenters. The number of rotatable bonds is 6. The molecule has 0 aliphatic rings. The molecular weight excluding hydrogens is 319 g/mol. The number of anilines is 4. The predicted molar refractivity (Wildman–Crippen MR) is 97.2 cm³/mol. The van der Waals surface area contributed by atoms with E-state index >= 15 is 0 Å². The first-order valence-corrected chi connectivity index (χ1v) is 7.82. The van der Waals surface area contributed by atoms with Crippen molar-refractivity contribution < 1.29 is 4.39 Å². The van der Waals surface area contributed by atoms with Crippen LogP contribution >= 0.6 is 0 Å². The van der Waals surface area contributed by atoms with Gasteiger partial charge in [-0.2, -0.15) is 4.98 Å². The lowest BCUT2D eigenvalue weighted by Gasteiger charge is -2.10. The lowest BCUT2D eigenvalue weighted by molar-refractivity contribution is 0.619. The number of nitrogens with zero attached hydrogens (tertiary/aromatic N) is 2. The third-order valence-electron chi connectivity index (χ3n) is 3.59. The predicted octanol–water partition coefficient (Wildman–Crippen LogP) is 3.02. The summed E-state index contributed by atoms with van der Waals surface area (Å²) in [7, 11) is 0. The fraction of sp³-hybridized carbons (Fsp3) is 0.111. The van der Waals surface area contributed by atoms with Crippen LogP contribution in [0.5, 0.6) is 0 Å². The van der Waals surface area contributed by atoms with Gasteiger partial charge in [-0.1, -0.05) is 24.3 Å². The van der Waals surface area contributed by atoms with Gasteiger partial charge in [0.2, 0.25) is 5.95 Å². The molecule has 6 nitrogen and oxygen atoms in total. The Bertz CT molecular complexity index is 868. The minimum Gasteiger partial charge on any atom is -0.338 e. The second kappa shape index (κ2) is 7.69. The summed E-state index contributed by atoms with van der Waals surface area (Å²) in [5.74, 6) is -0.172. The molecule has 0 fully saturated rings. The van der Waals surface area contributed by atoms with Crippen molar-refractivity contribution in [2.45, 2.75) is 13.1 Å². The van der Waals surface area contributed by atoms with Crippen LogP contribution in [0, 0.1) is 5.82 Å². The number of halogens is 1. The molecule has 7 heteroatoms. The highest BCUT2D eigenvalue weighted by Gasteiger charge is 2.08. The minimum atomic E-state index is -0.542. The lowest BCUT2D eigenvalue weighted by Crippen LogP contribution is -2.04. The largest absolute Gasteiger partial charge is 0.338 e. The summed E-state index contributed by atoms with van der Waals surface area (Å²) < 4.78 is 14.0. The highest BCUT2D eigenvalue weighted by Crippen LogP contribution is 2.21. The van der Waals surface area contributed by atoms with E-state index in [4.69, 9.17) is 11.5 Å². The van der Waals surface area contributed by atoms with Gasteiger partial charge >= 0.3 is 0 Å². The van der Waals surface area contributed by atoms with Crippen molar-refractivity contribution in [1.29, 1.82) is 0 Å². The van der Waals surface area contributed by atoms with E-state index in [1.807, 2.05) is 48.5 Å². The molecule has 3 aromatic rings. The molecule has 0 bridgehead atoms. The molecule has 0 unspecified atom stereocenters. The van der Waals surface area contributed by atoms with E-state index in [9.17, 15) is 4.39 Å². The Kier molecular flexibility index (Phi) is 5.17. The third-order valence-corrected chi connectivity index (χ3v) is 3.59. The van der Waals surface area contributed by atoms with Crippen molar-refractivity contribution in [1.82, 2.24) is 9.97 Å². The molecule has 1 aromatic heterocycles. The van der Waals surface area contributed by atoms with E-state index in [0.29, 0.717) is 18.8 Å². The normalized spacial score (nSPS) is 10.5. The first-order valence-electron chi connectivity index (χ1n) is 7.82. The zero-order chi connectivity index (χ0) is 17.6. The van der Waals surface area contributed by atoms with Gasteiger partial charge in [-0.15, -0.1) is 0 Å². The van der Waals surface area contributed by atoms with Crippen molar-refractivity contribution >= 4 is 23.1 Å². The monoisotopic (exact) mass is 338 g/mol. The van der Waals surface area contributed by atoms with Gasteiger partial charge < -0.3 is 22.1 Å². The molecule has 0 saturated heterocycles. The Hall–Kier alpha value is -3.03. The maximum absolute atomic E-state index is 14.0. The molecular formula is C18H19FN6. The number of hydrogen-bond acceptors (Lipinski definition) is 6. The van der Waals surface area contributed by atoms with Crippen molar-refractivity contribution in [2.24, 2.45) is 11.5 Å². The van der Waals surface area contributed by atoms with Crippen LogP contribution in [0.25, 0.3) is 0 Å². The molecule has 128 valence electrons. The molecule has 0 spiro atoms. The zero-order valence-corrected chi connectivity index (χ0v) is 13.5. The second-order valence-corrected chi connectivity index (χ2v) is 5.45. The fourth-order valence-corrected chi connectivity index (χ4v) is 2.33. The van der Waals surface area contributed by atoms with Gasteiger partial charge in [0.25, 0.3) is 0 Å². The lowest BCUT2D eigenvalue weighted by atomic mass is 10.2. The van der Waals surface area contributed by atoms with Crippen LogP contribution in [0.1, 0.15) is 11.1 Å². The first kappa shape index (κ1) is 16.8. The van der Waals surface area contributed by atoms with E-state index in [1.54, 1.807) is 0 Å². The molecule has 2 aromatic carbocycles. The van der Waals surface area contributed by atoms with Crippen molar-refractivity contribution in [3.8, 4) is 0 Å². The first-order chi connectivity index (χ1) is 12.2. The van der Waals surface area contributed by atoms with E-state index in [2.05, 4.69) is 20.6 Å². The SMILES string of the molecule is NCc1cccc(Nc2ncc(F)c(Nc3cccc(CN)c3)n2)c1. The van der Waals surface area contributed by atoms with Crippen molar-refractivity contribution in [2.75, 3.05) is 10.6 Å². The highest BCUT2D eigenvalue weighted by molar-refractivity contribution is 5.60. The van der Waals surface area contributed by atoms with Crippen LogP contribution in [0.15, 0.2) is 54.7 Å². The minimum absolute atomic E-state index is 0.0849. The summed E-state index contributed by atoms with van der Waals surface area (Å²) >= 11 is 0. The summed E-state index contributed by atoms with van der Waals surface area (Å²) in [6, 6.07) is 15.0. The Labute approximate surface area is 145 Å². The Morgan fingerprint density at radius 3 is 2.08 bits per heavy atom. The van der Waals surface area contributed by atoms with Crippen LogP contribution in [-0.2, 0) is 13.1 Å². The van der Waals surface area contributed by atoms with Crippen molar-refractivity contribution in [3.05, 3.63) is 71.7 Å². The third kappa shape index (κ3) is 4.28. The van der Waals surface area contributed by atoms with Gasteiger partial charge in [0.1, 0.15) is 0 Å². The average Bonchev–Trinajstić information content (AvgIpc) is 2.65. The summed E-state index contributed by atoms with van der Waals surface area (Å²) in [4.78, 5) is 8.18. The summed E-state index contributed by atoms with van der Waals surface area (Å²) in [6.07, 6.45) is 1.12. The molecule has 0 aliphatic carbocycles. The summed E-state index contributed by atoms with van der Waals surface area (Å²) in [6.45, 7) is 0.843. The summed E-state index contributed by atoms with van der Waals surface area (Å²) in [5.41, 5.74) is 14.7. The fourth-order valence-electron chi connectivity index (χ4n) is 2.33. The number of nitrogens with one attached hydrogen (secondary N) is 2. The summed E-state index contributed by atoms with van der Waals surface area (Å²) in [5, 5.41) is 6.00. The maximum atomic E-state index is 14.0. The van der Waals surface area contributed by atoms with Gasteiger partial charge in [0.15, 0.2) is 11.6 Å². The number of nitrogens with two attached hydrogens (primary N) is 2. The van der Waals surface area contributed by atoms with Crippen LogP contribution in [0.3, 0.4) is 0 Å². The molecule has 0 radical (unpaired) electrons. The molecule has 0 amide bonds. The Morgan fingerprint density at radius 2 is 1.48 bits per heavy atom. The van der Waals surface area contributed by atoms with E-state index in [-0.39, 0.29) is 11.8 Å². The highest BCUT2D eigenvalue weighted by atomic mass is 19.1. The Morgan fingerprint density at radius 1 is 0.880 bits per heavy atom. The van der Waals surface area contributed by atoms with Crippen LogP contribution < -0.4 is 22.1 Å². The molecule has 3 rings (SSSR count). The number of benzene rings is 2. The molecule has 0 aliphatic heterocycles. The van der Waals surface area contributed by atoms with Gasteiger partial charge in [0, 0.05) is 24.5 Å². The standard InChI is InChI=1S/C18H19FN6/c19-16-11-22-18(24-15-6-2-4-13(8-15)10-21)25-17(16)23-14-5-1-3-12(7-14)9-20/h1-8,11H,9-10,20-21H2,(H2,22,23,24,25). The van der Waals surface area contributed by atoms with Crippen molar-refractivity contribution in [3.63, 3.8) is 0 Å². The van der Waals surface area contributed by atoms with E-state index in [0.717, 1.165) is 23.0 Å². The quantitative estimate of drug-likeness (QED) is 0.551. The van der Waals surface area contributed by atoms with Crippen LogP contribution in [-0.4, -0.2) is 9.97 Å². The maximum Gasteiger partial charge on any atom is 0.229 e. The number of hydrogen-bond donors (Lipinski definition) is 4. The molecule has 1 heterocycles. The Balaban J connectivity index is 1.82. The van der Waals surface area contributed by atoms with E-state index < -0.39 is 5.82 Å². The van der Waals surface area contributed by atoms with E-state index in [1.165, 1.54) is 0 Å². The van der Waals surface area contributed by atoms with Gasteiger partial charge in [-0.25, -0.2) is 9.37 Å².